The summed E-state index contributed by atoms with van der Waals surface area (Å²) in [6.45, 7) is 9.48. The third kappa shape index (κ3) is 8.39. The first-order chi connectivity index (χ1) is 22.3. The molecule has 0 amide bonds. The average molecular weight is 666 g/mol. The first kappa shape index (κ1) is 34.6. The second kappa shape index (κ2) is 16.4. The van der Waals surface area contributed by atoms with Crippen LogP contribution in [-0.4, -0.2) is 43.9 Å². The predicted molar refractivity (Wildman–Crippen MR) is 193 cm³/mol. The number of aromatic nitrogens is 1. The molecule has 250 valence electrons. The summed E-state index contributed by atoms with van der Waals surface area (Å²) in [5, 5.41) is 1.39. The monoisotopic (exact) mass is 665 g/mol. The lowest BCUT2D eigenvalue weighted by Crippen LogP contribution is -2.33. The molecular weight excluding hydrogens is 615 g/mol. The Labute approximate surface area is 279 Å². The number of hydrogen-bond acceptors (Lipinski definition) is 7. The van der Waals surface area contributed by atoms with E-state index in [0.717, 1.165) is 66.9 Å². The molecule has 0 bridgehead atoms. The zero-order valence-electron chi connectivity index (χ0n) is 27.9. The minimum atomic E-state index is -3.63. The maximum Gasteiger partial charge on any atom is 0.346 e. The lowest BCUT2D eigenvalue weighted by atomic mass is 9.88. The quantitative estimate of drug-likeness (QED) is 0.0825. The number of nitrogens with zero attached hydrogens (tertiary/aromatic N) is 3. The number of rotatable bonds is 17. The molecule has 0 radical (unpaired) electrons. The second-order valence-corrected chi connectivity index (χ2v) is 15.9. The first-order valence-electron chi connectivity index (χ1n) is 17.6. The van der Waals surface area contributed by atoms with Crippen LogP contribution in [0.15, 0.2) is 56.6 Å². The SMILES string of the molecule is CCCCCCN(CC1CCCCC1)c1ccc2cc(-c3nc4ccc(S(=O)(=O)N(CCCC)CCCC)cc4s3)c(=O)oc2c1. The van der Waals surface area contributed by atoms with Gasteiger partial charge in [0.2, 0.25) is 10.0 Å². The van der Waals surface area contributed by atoms with Crippen molar-refractivity contribution in [2.45, 2.75) is 109 Å². The summed E-state index contributed by atoms with van der Waals surface area (Å²) in [4.78, 5) is 20.8. The molecule has 0 N–H and O–H groups in total. The highest BCUT2D eigenvalue weighted by atomic mass is 32.2. The van der Waals surface area contributed by atoms with Crippen LogP contribution in [-0.2, 0) is 10.0 Å². The molecule has 5 rings (SSSR count). The van der Waals surface area contributed by atoms with E-state index in [1.807, 2.05) is 12.1 Å². The average Bonchev–Trinajstić information content (AvgIpc) is 3.49. The van der Waals surface area contributed by atoms with Gasteiger partial charge >= 0.3 is 5.63 Å². The molecule has 7 nitrogen and oxygen atoms in total. The molecule has 1 aliphatic carbocycles. The first-order valence-corrected chi connectivity index (χ1v) is 19.8. The fraction of sp³-hybridized carbons (Fsp3) is 0.568. The van der Waals surface area contributed by atoms with E-state index in [4.69, 9.17) is 9.40 Å². The van der Waals surface area contributed by atoms with Gasteiger partial charge in [-0.1, -0.05) is 72.1 Å². The molecule has 4 aromatic rings. The second-order valence-electron chi connectivity index (χ2n) is 12.9. The number of thiazole rings is 1. The summed E-state index contributed by atoms with van der Waals surface area (Å²) >= 11 is 1.33. The Morgan fingerprint density at radius 3 is 2.30 bits per heavy atom. The van der Waals surface area contributed by atoms with Crippen molar-refractivity contribution in [3.05, 3.63) is 52.9 Å². The van der Waals surface area contributed by atoms with Crippen LogP contribution in [0.4, 0.5) is 5.69 Å². The lowest BCUT2D eigenvalue weighted by Gasteiger charge is -2.31. The summed E-state index contributed by atoms with van der Waals surface area (Å²) in [5.74, 6) is 0.718. The zero-order valence-corrected chi connectivity index (χ0v) is 29.6. The molecule has 46 heavy (non-hydrogen) atoms. The standard InChI is InChI=1S/C37H51N3O4S2/c1-4-7-10-14-21-39(27-28-15-12-11-13-16-28)30-18-17-29-24-32(37(41)44-34(29)25-30)36-38-33-20-19-31(26-35(33)45-36)46(42,43)40(22-8-5-2)23-9-6-3/h17-20,24-26,28H,4-16,21-23,27H2,1-3H3. The van der Waals surface area contributed by atoms with Crippen molar-refractivity contribution in [2.24, 2.45) is 5.92 Å². The van der Waals surface area contributed by atoms with Crippen LogP contribution in [0.3, 0.4) is 0 Å². The molecule has 0 aliphatic heterocycles. The molecule has 2 aromatic carbocycles. The molecule has 1 saturated carbocycles. The zero-order chi connectivity index (χ0) is 32.5. The summed E-state index contributed by atoms with van der Waals surface area (Å²) in [7, 11) is -3.63. The predicted octanol–water partition coefficient (Wildman–Crippen LogP) is 9.63. The highest BCUT2D eigenvalue weighted by Crippen LogP contribution is 2.34. The summed E-state index contributed by atoms with van der Waals surface area (Å²) in [5.41, 5.74) is 2.35. The summed E-state index contributed by atoms with van der Waals surface area (Å²) in [6, 6.07) is 13.2. The van der Waals surface area contributed by atoms with Crippen molar-refractivity contribution in [1.29, 1.82) is 0 Å². The summed E-state index contributed by atoms with van der Waals surface area (Å²) in [6.07, 6.45) is 15.0. The number of sulfonamides is 1. The topological polar surface area (TPSA) is 83.7 Å². The fourth-order valence-corrected chi connectivity index (χ4v) is 9.16. The van der Waals surface area contributed by atoms with Crippen molar-refractivity contribution >= 4 is 48.2 Å². The van der Waals surface area contributed by atoms with Gasteiger partial charge in [-0.05, 0) is 74.4 Å². The van der Waals surface area contributed by atoms with E-state index in [-0.39, 0.29) is 4.90 Å². The Hall–Kier alpha value is -2.75. The Bertz CT molecular complexity index is 1730. The number of hydrogen-bond donors (Lipinski definition) is 0. The molecule has 1 fully saturated rings. The normalized spacial score (nSPS) is 14.5. The Morgan fingerprint density at radius 2 is 1.59 bits per heavy atom. The number of anilines is 1. The van der Waals surface area contributed by atoms with E-state index < -0.39 is 15.6 Å². The van der Waals surface area contributed by atoms with Crippen LogP contribution in [0.1, 0.15) is 104 Å². The molecule has 1 aliphatic rings. The molecule has 0 atom stereocenters. The third-order valence-corrected chi connectivity index (χ3v) is 12.3. The summed E-state index contributed by atoms with van der Waals surface area (Å²) < 4.78 is 35.4. The van der Waals surface area contributed by atoms with E-state index in [1.54, 1.807) is 22.5 Å². The number of benzene rings is 2. The van der Waals surface area contributed by atoms with Gasteiger partial charge in [0, 0.05) is 43.3 Å². The molecule has 2 heterocycles. The molecular formula is C37H51N3O4S2. The van der Waals surface area contributed by atoms with Gasteiger partial charge < -0.3 is 9.32 Å². The smallest absolute Gasteiger partial charge is 0.346 e. The van der Waals surface area contributed by atoms with Gasteiger partial charge in [0.1, 0.15) is 10.6 Å². The van der Waals surface area contributed by atoms with Crippen molar-refractivity contribution in [2.75, 3.05) is 31.1 Å². The van der Waals surface area contributed by atoms with E-state index in [9.17, 15) is 13.2 Å². The van der Waals surface area contributed by atoms with Gasteiger partial charge in [-0.3, -0.25) is 0 Å². The van der Waals surface area contributed by atoms with E-state index in [2.05, 4.69) is 37.8 Å². The van der Waals surface area contributed by atoms with Gasteiger partial charge in [0.25, 0.3) is 0 Å². The lowest BCUT2D eigenvalue weighted by molar-refractivity contribution is 0.357. The van der Waals surface area contributed by atoms with Crippen LogP contribution >= 0.6 is 11.3 Å². The number of fused-ring (bicyclic) bond motifs is 2. The Balaban J connectivity index is 1.41. The van der Waals surface area contributed by atoms with Crippen LogP contribution in [0.5, 0.6) is 0 Å². The largest absolute Gasteiger partial charge is 0.422 e. The van der Waals surface area contributed by atoms with Gasteiger partial charge in [-0.15, -0.1) is 11.3 Å². The van der Waals surface area contributed by atoms with Crippen molar-refractivity contribution in [1.82, 2.24) is 9.29 Å². The van der Waals surface area contributed by atoms with Crippen molar-refractivity contribution in [3.63, 3.8) is 0 Å². The van der Waals surface area contributed by atoms with E-state index >= 15 is 0 Å². The minimum Gasteiger partial charge on any atom is -0.422 e. The maximum atomic E-state index is 13.6. The maximum absolute atomic E-state index is 13.6. The molecule has 2 aromatic heterocycles. The highest BCUT2D eigenvalue weighted by molar-refractivity contribution is 7.89. The molecule has 0 saturated heterocycles. The highest BCUT2D eigenvalue weighted by Gasteiger charge is 2.25. The molecule has 0 spiro atoms. The van der Waals surface area contributed by atoms with Gasteiger partial charge in [-0.2, -0.15) is 4.31 Å². The fourth-order valence-electron chi connectivity index (χ4n) is 6.53. The Kier molecular flexibility index (Phi) is 12.3. The van der Waals surface area contributed by atoms with Crippen LogP contribution < -0.4 is 10.5 Å². The minimum absolute atomic E-state index is 0.271. The third-order valence-electron chi connectivity index (χ3n) is 9.32. The van der Waals surface area contributed by atoms with Gasteiger partial charge in [0.05, 0.1) is 20.7 Å². The van der Waals surface area contributed by atoms with Gasteiger partial charge in [0.15, 0.2) is 0 Å². The van der Waals surface area contributed by atoms with E-state index in [0.29, 0.717) is 34.8 Å². The van der Waals surface area contributed by atoms with Crippen LogP contribution in [0.25, 0.3) is 31.8 Å². The Morgan fingerprint density at radius 1 is 0.848 bits per heavy atom. The van der Waals surface area contributed by atoms with Crippen molar-refractivity contribution < 1.29 is 12.8 Å². The van der Waals surface area contributed by atoms with Crippen LogP contribution in [0.2, 0.25) is 0 Å². The van der Waals surface area contributed by atoms with Crippen molar-refractivity contribution in [3.8, 4) is 10.6 Å². The van der Waals surface area contributed by atoms with E-state index in [1.165, 1.54) is 62.7 Å². The van der Waals surface area contributed by atoms with Gasteiger partial charge in [-0.25, -0.2) is 18.2 Å². The van der Waals surface area contributed by atoms with Crippen LogP contribution in [0, 0.1) is 5.92 Å². The molecule has 9 heteroatoms. The number of unbranched alkanes of at least 4 members (excludes halogenated alkanes) is 5. The molecule has 0 unspecified atom stereocenters.